The van der Waals surface area contributed by atoms with Crippen molar-refractivity contribution in [3.8, 4) is 0 Å². The van der Waals surface area contributed by atoms with Crippen LogP contribution < -0.4 is 10.6 Å². The zero-order valence-electron chi connectivity index (χ0n) is 13.7. The minimum atomic E-state index is -0.320. The van der Waals surface area contributed by atoms with Crippen LogP contribution >= 0.6 is 24.0 Å². The summed E-state index contributed by atoms with van der Waals surface area (Å²) in [5.74, 6) is 1.56. The molecule has 2 heterocycles. The van der Waals surface area contributed by atoms with Gasteiger partial charge in [0, 0.05) is 27.7 Å². The summed E-state index contributed by atoms with van der Waals surface area (Å²) in [7, 11) is 5.21. The lowest BCUT2D eigenvalue weighted by Crippen LogP contribution is -2.41. The number of rotatable bonds is 5. The van der Waals surface area contributed by atoms with Crippen LogP contribution in [-0.4, -0.2) is 56.7 Å². The summed E-state index contributed by atoms with van der Waals surface area (Å²) in [6, 6.07) is 3.75. The lowest BCUT2D eigenvalue weighted by atomic mass is 10.2. The number of ether oxygens (including phenoxy) is 1. The Morgan fingerprint density at radius 3 is 2.78 bits per heavy atom. The molecular formula is C15H25IN4O3. The van der Waals surface area contributed by atoms with E-state index in [4.69, 9.17) is 9.15 Å². The Morgan fingerprint density at radius 2 is 2.17 bits per heavy atom. The van der Waals surface area contributed by atoms with Gasteiger partial charge in [-0.25, -0.2) is 0 Å². The lowest BCUT2D eigenvalue weighted by molar-refractivity contribution is -0.140. The topological polar surface area (TPSA) is 79.1 Å². The highest BCUT2D eigenvalue weighted by molar-refractivity contribution is 14.0. The van der Waals surface area contributed by atoms with Crippen molar-refractivity contribution in [2.24, 2.45) is 4.99 Å². The summed E-state index contributed by atoms with van der Waals surface area (Å²) in [6.07, 6.45) is 2.98. The van der Waals surface area contributed by atoms with Gasteiger partial charge in [-0.1, -0.05) is 0 Å². The van der Waals surface area contributed by atoms with Crippen molar-refractivity contribution in [2.45, 2.75) is 31.6 Å². The lowest BCUT2D eigenvalue weighted by Gasteiger charge is -2.18. The van der Waals surface area contributed by atoms with Gasteiger partial charge in [0.05, 0.1) is 18.9 Å². The Kier molecular flexibility index (Phi) is 8.38. The van der Waals surface area contributed by atoms with Crippen LogP contribution in [-0.2, 0) is 16.1 Å². The Morgan fingerprint density at radius 1 is 1.39 bits per heavy atom. The maximum atomic E-state index is 11.9. The molecule has 1 amide bonds. The molecule has 0 bridgehead atoms. The van der Waals surface area contributed by atoms with Gasteiger partial charge in [0.2, 0.25) is 0 Å². The molecule has 7 nitrogen and oxygen atoms in total. The van der Waals surface area contributed by atoms with Gasteiger partial charge in [-0.05, 0) is 25.0 Å². The van der Waals surface area contributed by atoms with Gasteiger partial charge in [0.1, 0.15) is 11.9 Å². The predicted octanol–water partition coefficient (Wildman–Crippen LogP) is 1.20. The molecule has 0 aliphatic carbocycles. The summed E-state index contributed by atoms with van der Waals surface area (Å²) >= 11 is 0. The molecule has 2 rings (SSSR count). The van der Waals surface area contributed by atoms with Crippen molar-refractivity contribution in [3.63, 3.8) is 0 Å². The van der Waals surface area contributed by atoms with Crippen LogP contribution in [0.4, 0.5) is 0 Å². The second-order valence-corrected chi connectivity index (χ2v) is 5.44. The van der Waals surface area contributed by atoms with Crippen molar-refractivity contribution in [1.82, 2.24) is 15.5 Å². The van der Waals surface area contributed by atoms with Crippen molar-refractivity contribution >= 4 is 35.8 Å². The minimum Gasteiger partial charge on any atom is -0.467 e. The molecular weight excluding hydrogens is 411 g/mol. The molecule has 1 aromatic heterocycles. The first kappa shape index (κ1) is 19.8. The summed E-state index contributed by atoms with van der Waals surface area (Å²) in [4.78, 5) is 17.6. The molecule has 8 heteroatoms. The van der Waals surface area contributed by atoms with E-state index < -0.39 is 0 Å². The fourth-order valence-electron chi connectivity index (χ4n) is 2.34. The van der Waals surface area contributed by atoms with Crippen molar-refractivity contribution in [2.75, 3.05) is 27.7 Å². The number of amides is 1. The standard InChI is InChI=1S/C15H24N4O3.HI/c1-16-15(17-9-11-5-4-8-21-11)18-10-12-6-7-13(22-12)14(20)19(2)3;/h4-5,8,12-13H,6-7,9-10H2,1-3H3,(H2,16,17,18);1H. The first-order valence-electron chi connectivity index (χ1n) is 7.43. The zero-order chi connectivity index (χ0) is 15.9. The molecule has 2 atom stereocenters. The van der Waals surface area contributed by atoms with Crippen LogP contribution in [0.5, 0.6) is 0 Å². The fraction of sp³-hybridized carbons (Fsp3) is 0.600. The molecule has 1 fully saturated rings. The molecule has 0 radical (unpaired) electrons. The molecule has 0 aromatic carbocycles. The van der Waals surface area contributed by atoms with Gasteiger partial charge in [-0.15, -0.1) is 24.0 Å². The molecule has 2 N–H and O–H groups in total. The fourth-order valence-corrected chi connectivity index (χ4v) is 2.34. The van der Waals surface area contributed by atoms with E-state index >= 15 is 0 Å². The Bertz CT molecular complexity index is 505. The average molecular weight is 436 g/mol. The number of hydrogen-bond donors (Lipinski definition) is 2. The van der Waals surface area contributed by atoms with E-state index in [0.717, 1.165) is 18.6 Å². The maximum Gasteiger partial charge on any atom is 0.251 e. The van der Waals surface area contributed by atoms with Gasteiger partial charge in [0.25, 0.3) is 5.91 Å². The third-order valence-corrected chi connectivity index (χ3v) is 3.55. The Balaban J connectivity index is 0.00000264. The maximum absolute atomic E-state index is 11.9. The van der Waals surface area contributed by atoms with Gasteiger partial charge in [-0.2, -0.15) is 0 Å². The molecule has 23 heavy (non-hydrogen) atoms. The predicted molar refractivity (Wildman–Crippen MR) is 98.9 cm³/mol. The van der Waals surface area contributed by atoms with Gasteiger partial charge >= 0.3 is 0 Å². The number of nitrogens with zero attached hydrogens (tertiary/aromatic N) is 2. The number of aliphatic imine (C=N–C) groups is 1. The third-order valence-electron chi connectivity index (χ3n) is 3.55. The molecule has 1 aliphatic rings. The summed E-state index contributed by atoms with van der Waals surface area (Å²) in [5.41, 5.74) is 0. The van der Waals surface area contributed by atoms with E-state index in [2.05, 4.69) is 15.6 Å². The van der Waals surface area contributed by atoms with E-state index in [1.54, 1.807) is 32.3 Å². The number of carbonyl (C=O) groups is 1. The number of likely N-dealkylation sites (N-methyl/N-ethyl adjacent to an activating group) is 1. The van der Waals surface area contributed by atoms with Crippen LogP contribution in [0.3, 0.4) is 0 Å². The highest BCUT2D eigenvalue weighted by Gasteiger charge is 2.31. The number of carbonyl (C=O) groups excluding carboxylic acids is 1. The summed E-state index contributed by atoms with van der Waals surface area (Å²) in [6.45, 7) is 1.19. The first-order valence-corrected chi connectivity index (χ1v) is 7.43. The van der Waals surface area contributed by atoms with Gasteiger partial charge < -0.3 is 24.7 Å². The Hall–Kier alpha value is -1.29. The second-order valence-electron chi connectivity index (χ2n) is 5.44. The summed E-state index contributed by atoms with van der Waals surface area (Å²) in [5, 5.41) is 6.37. The van der Waals surface area contributed by atoms with Crippen LogP contribution in [0.25, 0.3) is 0 Å². The molecule has 1 saturated heterocycles. The number of nitrogens with one attached hydrogen (secondary N) is 2. The van der Waals surface area contributed by atoms with Crippen LogP contribution in [0, 0.1) is 0 Å². The van der Waals surface area contributed by atoms with Crippen molar-refractivity contribution in [3.05, 3.63) is 24.2 Å². The minimum absolute atomic E-state index is 0. The van der Waals surface area contributed by atoms with E-state index in [1.165, 1.54) is 0 Å². The third kappa shape index (κ3) is 6.02. The zero-order valence-corrected chi connectivity index (χ0v) is 16.1. The quantitative estimate of drug-likeness (QED) is 0.412. The van der Waals surface area contributed by atoms with Crippen molar-refractivity contribution < 1.29 is 13.9 Å². The smallest absolute Gasteiger partial charge is 0.251 e. The monoisotopic (exact) mass is 436 g/mol. The molecule has 0 spiro atoms. The molecule has 2 unspecified atom stereocenters. The first-order chi connectivity index (χ1) is 10.6. The van der Waals surface area contributed by atoms with E-state index in [-0.39, 0.29) is 42.1 Å². The molecule has 1 aliphatic heterocycles. The normalized spacial score (nSPS) is 20.7. The van der Waals surface area contributed by atoms with E-state index in [1.807, 2.05) is 12.1 Å². The van der Waals surface area contributed by atoms with Crippen molar-refractivity contribution in [1.29, 1.82) is 0 Å². The Labute approximate surface area is 153 Å². The number of furan rings is 1. The largest absolute Gasteiger partial charge is 0.467 e. The van der Waals surface area contributed by atoms with Crippen LogP contribution in [0.1, 0.15) is 18.6 Å². The second kappa shape index (κ2) is 9.76. The highest BCUT2D eigenvalue weighted by Crippen LogP contribution is 2.20. The van der Waals surface area contributed by atoms with E-state index in [0.29, 0.717) is 19.0 Å². The summed E-state index contributed by atoms with van der Waals surface area (Å²) < 4.78 is 11.0. The number of guanidine groups is 1. The molecule has 0 saturated carbocycles. The van der Waals surface area contributed by atoms with Gasteiger partial charge in [-0.3, -0.25) is 9.79 Å². The van der Waals surface area contributed by atoms with E-state index in [9.17, 15) is 4.79 Å². The average Bonchev–Trinajstić information content (AvgIpc) is 3.18. The number of halogens is 1. The van der Waals surface area contributed by atoms with Crippen LogP contribution in [0.2, 0.25) is 0 Å². The number of hydrogen-bond acceptors (Lipinski definition) is 4. The molecule has 1 aromatic rings. The molecule has 130 valence electrons. The SMILES string of the molecule is CN=C(NCc1ccco1)NCC1CCC(C(=O)N(C)C)O1.I. The van der Waals surface area contributed by atoms with Crippen LogP contribution in [0.15, 0.2) is 27.8 Å². The highest BCUT2D eigenvalue weighted by atomic mass is 127. The van der Waals surface area contributed by atoms with Gasteiger partial charge in [0.15, 0.2) is 5.96 Å².